The summed E-state index contributed by atoms with van der Waals surface area (Å²) in [4.78, 5) is 18.8. The topological polar surface area (TPSA) is 66.6 Å². The molecule has 0 aliphatic carbocycles. The van der Waals surface area contributed by atoms with Crippen molar-refractivity contribution in [2.24, 2.45) is 0 Å². The Bertz CT molecular complexity index is 821. The predicted molar refractivity (Wildman–Crippen MR) is 88.5 cm³/mol. The van der Waals surface area contributed by atoms with Crippen LogP contribution in [-0.2, 0) is 0 Å². The van der Waals surface area contributed by atoms with Gasteiger partial charge in [-0.25, -0.2) is 4.98 Å². The molecule has 23 heavy (non-hydrogen) atoms. The minimum Gasteiger partial charge on any atom is -0.448 e. The molecule has 1 aliphatic rings. The number of likely N-dealkylation sites (tertiary alicyclic amines) is 1. The molecular weight excluding hydrogens is 312 g/mol. The van der Waals surface area contributed by atoms with Crippen LogP contribution in [0.25, 0.3) is 21.0 Å². The third-order valence-corrected chi connectivity index (χ3v) is 5.22. The lowest BCUT2D eigenvalue weighted by Crippen LogP contribution is -2.37. The van der Waals surface area contributed by atoms with E-state index in [9.17, 15) is 9.90 Å². The number of hydrogen-bond acceptors (Lipinski definition) is 5. The van der Waals surface area contributed by atoms with Crippen molar-refractivity contribution in [3.63, 3.8) is 0 Å². The molecule has 5 nitrogen and oxygen atoms in total. The second kappa shape index (κ2) is 5.79. The molecule has 0 unspecified atom stereocenters. The van der Waals surface area contributed by atoms with E-state index in [1.54, 1.807) is 28.4 Å². The summed E-state index contributed by atoms with van der Waals surface area (Å²) in [5, 5.41) is 10.1. The number of rotatable bonds is 3. The second-order valence-corrected chi connectivity index (χ2v) is 6.66. The maximum absolute atomic E-state index is 12.5. The van der Waals surface area contributed by atoms with Crippen molar-refractivity contribution < 1.29 is 14.3 Å². The predicted octanol–water partition coefficient (Wildman–Crippen LogP) is 3.15. The standard InChI is InChI=1S/C17H16N2O3S/c20-10-11-4-3-9-19(11)17(21)14-8-7-13(22-14)16-18-12-5-1-2-6-15(12)23-16/h1-2,5-8,11,20H,3-4,9-10H2/t11-/m1/s1. The van der Waals surface area contributed by atoms with E-state index < -0.39 is 0 Å². The van der Waals surface area contributed by atoms with Gasteiger partial charge < -0.3 is 14.4 Å². The number of nitrogens with zero attached hydrogens (tertiary/aromatic N) is 2. The summed E-state index contributed by atoms with van der Waals surface area (Å²) in [6, 6.07) is 11.3. The molecule has 1 atom stereocenters. The van der Waals surface area contributed by atoms with E-state index in [4.69, 9.17) is 4.42 Å². The fourth-order valence-electron chi connectivity index (χ4n) is 2.98. The number of carbonyl (C=O) groups excluding carboxylic acids is 1. The van der Waals surface area contributed by atoms with Gasteiger partial charge >= 0.3 is 0 Å². The molecular formula is C17H16N2O3S. The van der Waals surface area contributed by atoms with Crippen molar-refractivity contribution in [2.45, 2.75) is 18.9 Å². The van der Waals surface area contributed by atoms with Crippen LogP contribution in [0.3, 0.4) is 0 Å². The van der Waals surface area contributed by atoms with Gasteiger partial charge in [-0.2, -0.15) is 0 Å². The monoisotopic (exact) mass is 328 g/mol. The highest BCUT2D eigenvalue weighted by Gasteiger charge is 2.30. The van der Waals surface area contributed by atoms with Gasteiger partial charge in [-0.3, -0.25) is 4.79 Å². The molecule has 1 aliphatic heterocycles. The van der Waals surface area contributed by atoms with Crippen molar-refractivity contribution in [2.75, 3.05) is 13.2 Å². The molecule has 1 fully saturated rings. The molecule has 118 valence electrons. The second-order valence-electron chi connectivity index (χ2n) is 5.63. The normalized spacial score (nSPS) is 18.0. The molecule has 1 saturated heterocycles. The van der Waals surface area contributed by atoms with Gasteiger partial charge in [0.1, 0.15) is 0 Å². The van der Waals surface area contributed by atoms with Crippen molar-refractivity contribution >= 4 is 27.5 Å². The van der Waals surface area contributed by atoms with E-state index in [0.29, 0.717) is 18.1 Å². The van der Waals surface area contributed by atoms with E-state index in [1.165, 1.54) is 0 Å². The number of fused-ring (bicyclic) bond motifs is 1. The fraction of sp³-hybridized carbons (Fsp3) is 0.294. The van der Waals surface area contributed by atoms with Crippen LogP contribution < -0.4 is 0 Å². The first-order valence-corrected chi connectivity index (χ1v) is 8.45. The maximum atomic E-state index is 12.5. The third kappa shape index (κ3) is 2.54. The van der Waals surface area contributed by atoms with E-state index >= 15 is 0 Å². The number of hydrogen-bond donors (Lipinski definition) is 1. The highest BCUT2D eigenvalue weighted by atomic mass is 32.1. The first-order valence-electron chi connectivity index (χ1n) is 7.64. The molecule has 0 radical (unpaired) electrons. The Morgan fingerprint density at radius 3 is 3.04 bits per heavy atom. The molecule has 2 aromatic heterocycles. The van der Waals surface area contributed by atoms with Gasteiger partial charge in [0.05, 0.1) is 22.9 Å². The zero-order valence-corrected chi connectivity index (χ0v) is 13.3. The number of aromatic nitrogens is 1. The molecule has 1 aromatic carbocycles. The van der Waals surface area contributed by atoms with Gasteiger partial charge in [-0.1, -0.05) is 12.1 Å². The Balaban J connectivity index is 1.62. The van der Waals surface area contributed by atoms with Crippen LogP contribution in [0.15, 0.2) is 40.8 Å². The average molecular weight is 328 g/mol. The fourth-order valence-corrected chi connectivity index (χ4v) is 3.91. The summed E-state index contributed by atoms with van der Waals surface area (Å²) in [5.74, 6) is 0.753. The maximum Gasteiger partial charge on any atom is 0.289 e. The third-order valence-electron chi connectivity index (χ3n) is 4.17. The molecule has 3 aromatic rings. The van der Waals surface area contributed by atoms with E-state index in [-0.39, 0.29) is 18.6 Å². The first-order chi connectivity index (χ1) is 11.3. The van der Waals surface area contributed by atoms with Gasteiger partial charge in [-0.15, -0.1) is 11.3 Å². The van der Waals surface area contributed by atoms with Gasteiger partial charge in [0.15, 0.2) is 16.5 Å². The van der Waals surface area contributed by atoms with Crippen LogP contribution in [0.2, 0.25) is 0 Å². The van der Waals surface area contributed by atoms with Crippen molar-refractivity contribution in [3.8, 4) is 10.8 Å². The van der Waals surface area contributed by atoms with Crippen LogP contribution in [-0.4, -0.2) is 40.1 Å². The molecule has 3 heterocycles. The number of thiazole rings is 1. The van der Waals surface area contributed by atoms with Crippen molar-refractivity contribution in [3.05, 3.63) is 42.2 Å². The van der Waals surface area contributed by atoms with E-state index in [0.717, 1.165) is 28.1 Å². The van der Waals surface area contributed by atoms with Crippen LogP contribution >= 0.6 is 11.3 Å². The Morgan fingerprint density at radius 1 is 1.35 bits per heavy atom. The average Bonchev–Trinajstić information content (AvgIpc) is 3.30. The van der Waals surface area contributed by atoms with E-state index in [2.05, 4.69) is 4.98 Å². The van der Waals surface area contributed by atoms with Crippen molar-refractivity contribution in [1.29, 1.82) is 0 Å². The Labute approximate surface area is 137 Å². The highest BCUT2D eigenvalue weighted by Crippen LogP contribution is 2.31. The lowest BCUT2D eigenvalue weighted by Gasteiger charge is -2.21. The van der Waals surface area contributed by atoms with Gasteiger partial charge in [0, 0.05) is 6.54 Å². The van der Waals surface area contributed by atoms with E-state index in [1.807, 2.05) is 24.3 Å². The van der Waals surface area contributed by atoms with Gasteiger partial charge in [-0.05, 0) is 37.1 Å². The number of amides is 1. The molecule has 1 amide bonds. The number of benzene rings is 1. The lowest BCUT2D eigenvalue weighted by atomic mass is 10.2. The van der Waals surface area contributed by atoms with Crippen LogP contribution in [0.5, 0.6) is 0 Å². The Hall–Kier alpha value is -2.18. The Kier molecular flexibility index (Phi) is 3.63. The number of aliphatic hydroxyl groups excluding tert-OH is 1. The molecule has 0 bridgehead atoms. The molecule has 6 heteroatoms. The van der Waals surface area contributed by atoms with Crippen LogP contribution in [0.1, 0.15) is 23.4 Å². The minimum atomic E-state index is -0.158. The number of para-hydroxylation sites is 1. The summed E-state index contributed by atoms with van der Waals surface area (Å²) in [6.07, 6.45) is 1.76. The lowest BCUT2D eigenvalue weighted by molar-refractivity contribution is 0.0647. The first kappa shape index (κ1) is 14.4. The molecule has 0 saturated carbocycles. The number of carbonyl (C=O) groups is 1. The zero-order chi connectivity index (χ0) is 15.8. The van der Waals surface area contributed by atoms with Gasteiger partial charge in [0.25, 0.3) is 5.91 Å². The summed E-state index contributed by atoms with van der Waals surface area (Å²) in [5.41, 5.74) is 0.927. The molecule has 0 spiro atoms. The largest absolute Gasteiger partial charge is 0.448 e. The zero-order valence-electron chi connectivity index (χ0n) is 12.4. The molecule has 4 rings (SSSR count). The minimum absolute atomic E-state index is 0.00280. The number of aliphatic hydroxyl groups is 1. The highest BCUT2D eigenvalue weighted by molar-refractivity contribution is 7.21. The SMILES string of the molecule is O=C(c1ccc(-c2nc3ccccc3s2)o1)N1CCC[C@@H]1CO. The summed E-state index contributed by atoms with van der Waals surface area (Å²) < 4.78 is 6.83. The molecule has 1 N–H and O–H groups in total. The summed E-state index contributed by atoms with van der Waals surface area (Å²) >= 11 is 1.54. The van der Waals surface area contributed by atoms with Gasteiger partial charge in [0.2, 0.25) is 0 Å². The van der Waals surface area contributed by atoms with Crippen LogP contribution in [0.4, 0.5) is 0 Å². The van der Waals surface area contributed by atoms with Crippen LogP contribution in [0, 0.1) is 0 Å². The smallest absolute Gasteiger partial charge is 0.289 e. The van der Waals surface area contributed by atoms with Crippen molar-refractivity contribution in [1.82, 2.24) is 9.88 Å². The summed E-state index contributed by atoms with van der Waals surface area (Å²) in [7, 11) is 0. The summed E-state index contributed by atoms with van der Waals surface area (Å²) in [6.45, 7) is 0.665. The quantitative estimate of drug-likeness (QED) is 0.802. The number of furan rings is 1. The Morgan fingerprint density at radius 2 is 2.22 bits per heavy atom.